The summed E-state index contributed by atoms with van der Waals surface area (Å²) in [5.41, 5.74) is 9.63. The number of nitrogens with two attached hydrogens (primary N) is 1. The molecule has 2 N–H and O–H groups in total. The van der Waals surface area contributed by atoms with Crippen molar-refractivity contribution in [2.45, 2.75) is 25.7 Å². The zero-order valence-electron chi connectivity index (χ0n) is 15.6. The molecule has 0 bridgehead atoms. The maximum Gasteiger partial charge on any atom is 0.220 e. The molecule has 7 heteroatoms. The van der Waals surface area contributed by atoms with Crippen LogP contribution in [-0.4, -0.2) is 27.8 Å². The number of halogens is 1. The molecule has 4 rings (SSSR count). The first kappa shape index (κ1) is 18.0. The van der Waals surface area contributed by atoms with Gasteiger partial charge in [-0.15, -0.1) is 0 Å². The highest BCUT2D eigenvalue weighted by atomic mass is 19.1. The molecule has 0 amide bonds. The molecule has 142 valence electrons. The number of hydrogen-bond acceptors (Lipinski definition) is 6. The van der Waals surface area contributed by atoms with Gasteiger partial charge in [0, 0.05) is 18.1 Å². The summed E-state index contributed by atoms with van der Waals surface area (Å²) in [6.45, 7) is 1.76. The molecular formula is C21H19FN4O2. The molecular weight excluding hydrogens is 358 g/mol. The average Bonchev–Trinajstić information content (AvgIpc) is 2.67. The van der Waals surface area contributed by atoms with Gasteiger partial charge < -0.3 is 10.5 Å². The van der Waals surface area contributed by atoms with Gasteiger partial charge in [0.05, 0.1) is 29.8 Å². The highest BCUT2D eigenvalue weighted by molar-refractivity contribution is 6.00. The van der Waals surface area contributed by atoms with Crippen molar-refractivity contribution < 1.29 is 13.9 Å². The van der Waals surface area contributed by atoms with E-state index in [9.17, 15) is 9.18 Å². The maximum absolute atomic E-state index is 14.0. The predicted octanol–water partition coefficient (Wildman–Crippen LogP) is 3.49. The third kappa shape index (κ3) is 3.19. The minimum Gasteiger partial charge on any atom is -0.481 e. The Labute approximate surface area is 161 Å². The molecule has 1 aliphatic carbocycles. The third-order valence-corrected chi connectivity index (χ3v) is 5.00. The van der Waals surface area contributed by atoms with E-state index in [-0.39, 0.29) is 23.5 Å². The van der Waals surface area contributed by atoms with E-state index in [4.69, 9.17) is 10.5 Å². The number of benzene rings is 1. The number of fused-ring (bicyclic) bond motifs is 1. The second kappa shape index (κ2) is 6.99. The van der Waals surface area contributed by atoms with Crippen molar-refractivity contribution in [3.8, 4) is 17.1 Å². The predicted molar refractivity (Wildman–Crippen MR) is 103 cm³/mol. The summed E-state index contributed by atoms with van der Waals surface area (Å²) < 4.78 is 19.2. The molecule has 1 atom stereocenters. The summed E-state index contributed by atoms with van der Waals surface area (Å²) in [5.74, 6) is 0.0376. The number of nitrogens with zero attached hydrogens (tertiary/aromatic N) is 3. The fourth-order valence-corrected chi connectivity index (χ4v) is 3.80. The van der Waals surface area contributed by atoms with E-state index >= 15 is 0 Å². The molecule has 0 spiro atoms. The second-order valence-corrected chi connectivity index (χ2v) is 6.81. The Morgan fingerprint density at radius 2 is 1.96 bits per heavy atom. The molecule has 1 aromatic carbocycles. The van der Waals surface area contributed by atoms with Gasteiger partial charge in [0.25, 0.3) is 0 Å². The van der Waals surface area contributed by atoms with Crippen LogP contribution in [0.15, 0.2) is 36.4 Å². The van der Waals surface area contributed by atoms with Crippen molar-refractivity contribution >= 4 is 11.7 Å². The lowest BCUT2D eigenvalue weighted by molar-refractivity contribution is 0.0962. The molecule has 3 aromatic rings. The number of rotatable bonds is 3. The number of ether oxygens (including phenoxy) is 1. The molecule has 0 saturated carbocycles. The lowest BCUT2D eigenvalue weighted by Gasteiger charge is -2.26. The van der Waals surface area contributed by atoms with Crippen LogP contribution in [0, 0.1) is 12.7 Å². The summed E-state index contributed by atoms with van der Waals surface area (Å²) >= 11 is 0. The fraction of sp³-hybridized carbons (Fsp3) is 0.238. The minimum atomic E-state index is -0.367. The molecule has 0 aliphatic heterocycles. The van der Waals surface area contributed by atoms with Crippen LogP contribution in [-0.2, 0) is 6.42 Å². The van der Waals surface area contributed by atoms with Gasteiger partial charge in [0.15, 0.2) is 5.78 Å². The Morgan fingerprint density at radius 1 is 1.14 bits per heavy atom. The van der Waals surface area contributed by atoms with E-state index in [1.54, 1.807) is 31.2 Å². The number of carbonyl (C=O) groups excluding carboxylic acids is 1. The van der Waals surface area contributed by atoms with Crippen LogP contribution in [0.3, 0.4) is 0 Å². The average molecular weight is 377 g/mol. The second-order valence-electron chi connectivity index (χ2n) is 6.81. The Balaban J connectivity index is 1.81. The number of methoxy groups -OCH3 is 1. The molecule has 0 radical (unpaired) electrons. The van der Waals surface area contributed by atoms with Crippen LogP contribution in [0.25, 0.3) is 11.3 Å². The van der Waals surface area contributed by atoms with E-state index in [0.717, 1.165) is 5.56 Å². The van der Waals surface area contributed by atoms with Gasteiger partial charge in [0.1, 0.15) is 5.82 Å². The largest absolute Gasteiger partial charge is 0.481 e. The third-order valence-electron chi connectivity index (χ3n) is 5.00. The highest BCUT2D eigenvalue weighted by Gasteiger charge is 2.31. The highest BCUT2D eigenvalue weighted by Crippen LogP contribution is 2.38. The minimum absolute atomic E-state index is 0.0300. The summed E-state index contributed by atoms with van der Waals surface area (Å²) in [6, 6.07) is 9.88. The quantitative estimate of drug-likeness (QED) is 0.751. The number of Topliss-reactive ketones (excluding diaryl/α,β-unsaturated/α-hetero) is 1. The monoisotopic (exact) mass is 377 g/mol. The van der Waals surface area contributed by atoms with E-state index in [1.807, 2.05) is 0 Å². The molecule has 0 saturated heterocycles. The van der Waals surface area contributed by atoms with Crippen LogP contribution in [0.1, 0.15) is 39.6 Å². The zero-order chi connectivity index (χ0) is 19.8. The number of aryl methyl sites for hydroxylation is 1. The number of hydrogen-bond donors (Lipinski definition) is 1. The molecule has 6 nitrogen and oxygen atoms in total. The Morgan fingerprint density at radius 3 is 2.75 bits per heavy atom. The Kier molecular flexibility index (Phi) is 4.50. The lowest BCUT2D eigenvalue weighted by Crippen LogP contribution is -2.23. The van der Waals surface area contributed by atoms with Crippen LogP contribution in [0.5, 0.6) is 5.88 Å². The summed E-state index contributed by atoms with van der Waals surface area (Å²) in [6.07, 6.45) is 0.820. The molecule has 1 aliphatic rings. The number of anilines is 1. The Hall–Kier alpha value is -3.35. The van der Waals surface area contributed by atoms with Crippen molar-refractivity contribution in [1.82, 2.24) is 15.0 Å². The van der Waals surface area contributed by atoms with Gasteiger partial charge in [-0.1, -0.05) is 12.1 Å². The van der Waals surface area contributed by atoms with E-state index < -0.39 is 0 Å². The molecule has 2 aromatic heterocycles. The molecule has 28 heavy (non-hydrogen) atoms. The van der Waals surface area contributed by atoms with Gasteiger partial charge in [-0.05, 0) is 43.0 Å². The van der Waals surface area contributed by atoms with E-state index in [1.165, 1.54) is 19.2 Å². The molecule has 2 heterocycles. The van der Waals surface area contributed by atoms with Crippen LogP contribution >= 0.6 is 0 Å². The Bertz CT molecular complexity index is 1080. The van der Waals surface area contributed by atoms with Crippen molar-refractivity contribution in [3.05, 3.63) is 64.7 Å². The molecule has 1 unspecified atom stereocenters. The fourth-order valence-electron chi connectivity index (χ4n) is 3.80. The number of ketones is 1. The van der Waals surface area contributed by atoms with Crippen molar-refractivity contribution in [3.63, 3.8) is 0 Å². The number of carbonyl (C=O) groups is 1. The van der Waals surface area contributed by atoms with E-state index in [0.29, 0.717) is 46.9 Å². The van der Waals surface area contributed by atoms with Crippen molar-refractivity contribution in [1.29, 1.82) is 0 Å². The van der Waals surface area contributed by atoms with Crippen LogP contribution < -0.4 is 10.5 Å². The van der Waals surface area contributed by atoms with Gasteiger partial charge >= 0.3 is 0 Å². The van der Waals surface area contributed by atoms with Gasteiger partial charge in [0.2, 0.25) is 11.8 Å². The molecule has 0 fully saturated rings. The van der Waals surface area contributed by atoms with Crippen LogP contribution in [0.2, 0.25) is 0 Å². The van der Waals surface area contributed by atoms with Gasteiger partial charge in [-0.2, -0.15) is 0 Å². The normalized spacial score (nSPS) is 16.0. The van der Waals surface area contributed by atoms with E-state index in [2.05, 4.69) is 15.0 Å². The number of nitrogen functional groups attached to an aromatic ring is 1. The first-order valence-electron chi connectivity index (χ1n) is 8.93. The zero-order valence-corrected chi connectivity index (χ0v) is 15.6. The van der Waals surface area contributed by atoms with Gasteiger partial charge in [-0.25, -0.2) is 19.3 Å². The maximum atomic E-state index is 14.0. The number of pyridine rings is 1. The summed E-state index contributed by atoms with van der Waals surface area (Å²) in [4.78, 5) is 25.6. The van der Waals surface area contributed by atoms with Crippen molar-refractivity contribution in [2.75, 3.05) is 12.8 Å². The topological polar surface area (TPSA) is 91.0 Å². The smallest absolute Gasteiger partial charge is 0.220 e. The van der Waals surface area contributed by atoms with Gasteiger partial charge in [-0.3, -0.25) is 4.79 Å². The van der Waals surface area contributed by atoms with Crippen LogP contribution in [0.4, 0.5) is 10.3 Å². The standard InChI is InChI=1S/C21H19FN4O2/c1-11-20-17(26-21(23)24-11)8-12(9-18(20)27)14-7-6-13(22)10-15(14)16-4-3-5-19(25-16)28-2/h3-7,10,12H,8-9H2,1-2H3,(H2,23,24,26)/i2-1. The first-order chi connectivity index (χ1) is 13.5. The first-order valence-corrected chi connectivity index (χ1v) is 8.93. The SMILES string of the molecule is Cc1nc(N)nc2c1C(=O)CC(c1ccc(F)cc1-c1cccc(O[11CH3])n1)C2. The lowest BCUT2D eigenvalue weighted by atomic mass is 9.79. The number of aromatic nitrogens is 3. The van der Waals surface area contributed by atoms with Crippen molar-refractivity contribution in [2.24, 2.45) is 0 Å². The summed E-state index contributed by atoms with van der Waals surface area (Å²) in [7, 11) is 1.53. The summed E-state index contributed by atoms with van der Waals surface area (Å²) in [5, 5.41) is 0.